The molecule has 0 spiro atoms. The van der Waals surface area contributed by atoms with Gasteiger partial charge in [-0.15, -0.1) is 0 Å². The van der Waals surface area contributed by atoms with Crippen LogP contribution in [0.25, 0.3) is 0 Å². The molecule has 2 unspecified atom stereocenters. The van der Waals surface area contributed by atoms with Crippen molar-refractivity contribution in [3.63, 3.8) is 0 Å². The second-order valence-electron chi connectivity index (χ2n) is 5.42. The minimum absolute atomic E-state index is 0.239. The third-order valence-corrected chi connectivity index (χ3v) is 4.91. The molecule has 2 atom stereocenters. The van der Waals surface area contributed by atoms with Crippen molar-refractivity contribution < 1.29 is 10.2 Å². The third-order valence-electron chi connectivity index (χ3n) is 3.48. The number of thiocarbonyl (C=S) groups is 1. The van der Waals surface area contributed by atoms with Crippen LogP contribution in [-0.4, -0.2) is 31.3 Å². The zero-order valence-corrected chi connectivity index (χ0v) is 12.6. The van der Waals surface area contributed by atoms with E-state index in [4.69, 9.17) is 12.2 Å². The smallest absolute Gasteiger partial charge is 0.139 e. The van der Waals surface area contributed by atoms with E-state index in [9.17, 15) is 10.2 Å². The lowest BCUT2D eigenvalue weighted by molar-refractivity contribution is -0.0886. The Morgan fingerprint density at radius 3 is 2.35 bits per heavy atom. The molecule has 3 nitrogen and oxygen atoms in total. The van der Waals surface area contributed by atoms with Gasteiger partial charge in [0.2, 0.25) is 0 Å². The summed E-state index contributed by atoms with van der Waals surface area (Å²) in [6, 6.07) is 0. The van der Waals surface area contributed by atoms with E-state index in [-0.39, 0.29) is 5.54 Å². The Hall–Kier alpha value is -0.100. The second-order valence-corrected chi connectivity index (χ2v) is 7.13. The maximum absolute atomic E-state index is 10.3. The summed E-state index contributed by atoms with van der Waals surface area (Å²) in [5.74, 6) is 0. The first kappa shape index (κ1) is 15.0. The summed E-state index contributed by atoms with van der Waals surface area (Å²) >= 11 is 6.61. The van der Waals surface area contributed by atoms with Crippen LogP contribution in [0.2, 0.25) is 0 Å². The van der Waals surface area contributed by atoms with E-state index in [0.29, 0.717) is 4.32 Å². The van der Waals surface area contributed by atoms with Crippen molar-refractivity contribution in [1.82, 2.24) is 5.32 Å². The molecule has 17 heavy (non-hydrogen) atoms. The van der Waals surface area contributed by atoms with Gasteiger partial charge < -0.3 is 15.5 Å². The van der Waals surface area contributed by atoms with E-state index in [2.05, 4.69) is 12.2 Å². The molecule has 1 aliphatic heterocycles. The Bertz CT molecular complexity index is 358. The molecule has 0 aromatic carbocycles. The summed E-state index contributed by atoms with van der Waals surface area (Å²) in [6.07, 6.45) is 2.58. The van der Waals surface area contributed by atoms with E-state index < -0.39 is 11.2 Å². The Labute approximate surface area is 113 Å². The fourth-order valence-electron chi connectivity index (χ4n) is 1.41. The first-order valence-corrected chi connectivity index (χ1v) is 6.92. The van der Waals surface area contributed by atoms with Gasteiger partial charge in [-0.1, -0.05) is 30.9 Å². The topological polar surface area (TPSA) is 52.5 Å². The SMILES string of the molecule is CCC1(C)NC(=S)S/C1=C\C(C)(O)C(C)(C)O. The van der Waals surface area contributed by atoms with Crippen LogP contribution in [0.1, 0.15) is 41.0 Å². The molecule has 5 heteroatoms. The first-order valence-electron chi connectivity index (χ1n) is 5.70. The quantitative estimate of drug-likeness (QED) is 0.689. The molecule has 0 bridgehead atoms. The van der Waals surface area contributed by atoms with E-state index in [1.165, 1.54) is 11.8 Å². The van der Waals surface area contributed by atoms with Gasteiger partial charge in [0.25, 0.3) is 0 Å². The Balaban J connectivity index is 3.11. The molecule has 1 heterocycles. The van der Waals surface area contributed by atoms with Crippen LogP contribution < -0.4 is 5.32 Å². The van der Waals surface area contributed by atoms with Crippen LogP contribution in [0.15, 0.2) is 11.0 Å². The van der Waals surface area contributed by atoms with Gasteiger partial charge in [0.05, 0.1) is 11.1 Å². The minimum Gasteiger partial charge on any atom is -0.387 e. The average molecular weight is 275 g/mol. The standard InChI is InChI=1S/C12H21NO2S2/c1-6-11(4)8(17-9(16)13-11)7-12(5,15)10(2,3)14/h7,14-15H,6H2,1-5H3,(H,13,16)/b8-7-. The number of thioether (sulfide) groups is 1. The van der Waals surface area contributed by atoms with Crippen LogP contribution in [-0.2, 0) is 0 Å². The molecule has 1 aliphatic rings. The van der Waals surface area contributed by atoms with Crippen LogP contribution in [0.5, 0.6) is 0 Å². The summed E-state index contributed by atoms with van der Waals surface area (Å²) < 4.78 is 0.715. The molecule has 0 aliphatic carbocycles. The highest BCUT2D eigenvalue weighted by Crippen LogP contribution is 2.40. The summed E-state index contributed by atoms with van der Waals surface area (Å²) in [7, 11) is 0. The van der Waals surface area contributed by atoms with Crippen LogP contribution >= 0.6 is 24.0 Å². The molecule has 3 N–H and O–H groups in total. The van der Waals surface area contributed by atoms with Gasteiger partial charge in [-0.05, 0) is 40.2 Å². The number of hydrogen-bond acceptors (Lipinski definition) is 4. The lowest BCUT2D eigenvalue weighted by Gasteiger charge is -2.35. The Morgan fingerprint density at radius 1 is 1.41 bits per heavy atom. The lowest BCUT2D eigenvalue weighted by atomic mass is 9.85. The van der Waals surface area contributed by atoms with Crippen LogP contribution in [0.3, 0.4) is 0 Å². The summed E-state index contributed by atoms with van der Waals surface area (Å²) in [4.78, 5) is 0.970. The van der Waals surface area contributed by atoms with Crippen molar-refractivity contribution in [2.24, 2.45) is 0 Å². The van der Waals surface area contributed by atoms with E-state index in [0.717, 1.165) is 11.3 Å². The van der Waals surface area contributed by atoms with E-state index in [1.54, 1.807) is 26.8 Å². The zero-order valence-electron chi connectivity index (χ0n) is 11.0. The summed E-state index contributed by atoms with van der Waals surface area (Å²) in [6.45, 7) is 8.91. The maximum Gasteiger partial charge on any atom is 0.139 e. The molecule has 1 fully saturated rings. The minimum atomic E-state index is -1.28. The number of nitrogens with one attached hydrogen (secondary N) is 1. The number of aliphatic hydroxyl groups is 2. The predicted molar refractivity (Wildman–Crippen MR) is 77.0 cm³/mol. The number of rotatable bonds is 3. The molecule has 0 radical (unpaired) electrons. The van der Waals surface area contributed by atoms with E-state index in [1.807, 2.05) is 6.92 Å². The molecular formula is C12H21NO2S2. The molecule has 0 amide bonds. The van der Waals surface area contributed by atoms with E-state index >= 15 is 0 Å². The molecule has 0 aromatic rings. The second kappa shape index (κ2) is 4.53. The maximum atomic E-state index is 10.3. The third kappa shape index (κ3) is 3.02. The molecule has 0 aromatic heterocycles. The van der Waals surface area contributed by atoms with Gasteiger partial charge in [0.1, 0.15) is 9.92 Å². The van der Waals surface area contributed by atoms with Crippen molar-refractivity contribution in [3.8, 4) is 0 Å². The monoisotopic (exact) mass is 275 g/mol. The zero-order chi connectivity index (χ0) is 13.5. The Morgan fingerprint density at radius 2 is 1.94 bits per heavy atom. The Kier molecular flexibility index (Phi) is 3.99. The van der Waals surface area contributed by atoms with Crippen LogP contribution in [0, 0.1) is 0 Å². The fraction of sp³-hybridized carbons (Fsp3) is 0.750. The van der Waals surface area contributed by atoms with Gasteiger partial charge in [-0.2, -0.15) is 0 Å². The van der Waals surface area contributed by atoms with Gasteiger partial charge in [0, 0.05) is 4.91 Å². The first-order chi connectivity index (χ1) is 7.52. The summed E-state index contributed by atoms with van der Waals surface area (Å²) in [5.41, 5.74) is -2.72. The highest BCUT2D eigenvalue weighted by Gasteiger charge is 2.41. The van der Waals surface area contributed by atoms with Crippen molar-refractivity contribution in [2.75, 3.05) is 0 Å². The van der Waals surface area contributed by atoms with Crippen LogP contribution in [0.4, 0.5) is 0 Å². The lowest BCUT2D eigenvalue weighted by Crippen LogP contribution is -2.47. The highest BCUT2D eigenvalue weighted by atomic mass is 32.2. The molecule has 0 saturated carbocycles. The molecule has 98 valence electrons. The summed E-state index contributed by atoms with van der Waals surface area (Å²) in [5, 5.41) is 23.5. The van der Waals surface area contributed by atoms with Crippen molar-refractivity contribution >= 4 is 28.3 Å². The van der Waals surface area contributed by atoms with Gasteiger partial charge >= 0.3 is 0 Å². The highest BCUT2D eigenvalue weighted by molar-refractivity contribution is 8.26. The average Bonchev–Trinajstić information content (AvgIpc) is 2.40. The largest absolute Gasteiger partial charge is 0.387 e. The van der Waals surface area contributed by atoms with Gasteiger partial charge in [-0.25, -0.2) is 0 Å². The molecular weight excluding hydrogens is 254 g/mol. The van der Waals surface area contributed by atoms with Crippen molar-refractivity contribution in [3.05, 3.63) is 11.0 Å². The van der Waals surface area contributed by atoms with Crippen molar-refractivity contribution in [1.29, 1.82) is 0 Å². The fourth-order valence-corrected chi connectivity index (χ4v) is 3.09. The molecule has 1 rings (SSSR count). The predicted octanol–water partition coefficient (Wildman–Crippen LogP) is 2.18. The number of hydrogen-bond donors (Lipinski definition) is 3. The van der Waals surface area contributed by atoms with Crippen molar-refractivity contribution in [2.45, 2.75) is 57.8 Å². The molecule has 1 saturated heterocycles. The normalized spacial score (nSPS) is 31.5. The van der Waals surface area contributed by atoms with Gasteiger partial charge in [-0.3, -0.25) is 0 Å². The van der Waals surface area contributed by atoms with Gasteiger partial charge in [0.15, 0.2) is 0 Å².